The van der Waals surface area contributed by atoms with Crippen LogP contribution in [0.15, 0.2) is 0 Å². The zero-order chi connectivity index (χ0) is 18.3. The van der Waals surface area contributed by atoms with Gasteiger partial charge in [0.05, 0.1) is 27.7 Å². The topological polar surface area (TPSA) is 78.8 Å². The SMILES string of the molecule is C[N+](C)(C)CCOP(=O)([O-])OCCCCCCCCCCCCO. The summed E-state index contributed by atoms with van der Waals surface area (Å²) < 4.78 is 21.9. The zero-order valence-electron chi connectivity index (χ0n) is 15.9. The predicted octanol–water partition coefficient (Wildman–Crippen LogP) is 3.09. The number of phosphoric ester groups is 1. The van der Waals surface area contributed by atoms with Crippen molar-refractivity contribution in [2.24, 2.45) is 0 Å². The van der Waals surface area contributed by atoms with Gasteiger partial charge < -0.3 is 23.5 Å². The van der Waals surface area contributed by atoms with Gasteiger partial charge in [0.25, 0.3) is 7.82 Å². The van der Waals surface area contributed by atoms with E-state index in [4.69, 9.17) is 14.2 Å². The summed E-state index contributed by atoms with van der Waals surface area (Å²) in [6.07, 6.45) is 11.0. The lowest BCUT2D eigenvalue weighted by molar-refractivity contribution is -0.870. The second-order valence-corrected chi connectivity index (χ2v) is 8.80. The molecule has 0 heterocycles. The zero-order valence-corrected chi connectivity index (χ0v) is 16.8. The van der Waals surface area contributed by atoms with E-state index in [1.807, 2.05) is 21.1 Å². The van der Waals surface area contributed by atoms with Crippen molar-refractivity contribution >= 4 is 7.82 Å². The first-order valence-corrected chi connectivity index (χ1v) is 10.7. The Kier molecular flexibility index (Phi) is 14.2. The van der Waals surface area contributed by atoms with E-state index in [1.165, 1.54) is 32.1 Å². The first kappa shape index (κ1) is 24.0. The Labute approximate surface area is 148 Å². The predicted molar refractivity (Wildman–Crippen MR) is 95.7 cm³/mol. The van der Waals surface area contributed by atoms with Gasteiger partial charge in [0.15, 0.2) is 0 Å². The van der Waals surface area contributed by atoms with Crippen LogP contribution >= 0.6 is 7.82 Å². The molecule has 0 aromatic heterocycles. The number of likely N-dealkylation sites (N-methyl/N-ethyl adjacent to an activating group) is 1. The average Bonchev–Trinajstić information content (AvgIpc) is 2.46. The molecule has 0 bridgehead atoms. The Hall–Kier alpha value is 0.0300. The van der Waals surface area contributed by atoms with E-state index in [1.54, 1.807) is 0 Å². The van der Waals surface area contributed by atoms with Gasteiger partial charge in [0.2, 0.25) is 0 Å². The fourth-order valence-corrected chi connectivity index (χ4v) is 3.00. The van der Waals surface area contributed by atoms with Crippen LogP contribution in [0.1, 0.15) is 64.2 Å². The Balaban J connectivity index is 3.38. The molecule has 146 valence electrons. The van der Waals surface area contributed by atoms with Crippen LogP contribution in [0.5, 0.6) is 0 Å². The number of unbranched alkanes of at least 4 members (excludes halogenated alkanes) is 9. The standard InChI is InChI=1S/C17H38NO5P/c1-18(2,3)14-17-23-24(20,21)22-16-13-11-9-7-5-4-6-8-10-12-15-19/h19H,4-17H2,1-3H3. The number of hydrogen-bond acceptors (Lipinski definition) is 5. The van der Waals surface area contributed by atoms with Crippen molar-refractivity contribution in [2.75, 3.05) is 47.5 Å². The van der Waals surface area contributed by atoms with E-state index in [0.29, 0.717) is 17.6 Å². The minimum Gasteiger partial charge on any atom is -0.756 e. The van der Waals surface area contributed by atoms with Crippen molar-refractivity contribution in [3.8, 4) is 0 Å². The third kappa shape index (κ3) is 18.4. The van der Waals surface area contributed by atoms with Gasteiger partial charge >= 0.3 is 0 Å². The van der Waals surface area contributed by atoms with Crippen LogP contribution in [0, 0.1) is 0 Å². The second-order valence-electron chi connectivity index (χ2n) is 7.39. The molecular weight excluding hydrogens is 329 g/mol. The van der Waals surface area contributed by atoms with Crippen LogP contribution in [-0.2, 0) is 13.6 Å². The average molecular weight is 367 g/mol. The van der Waals surface area contributed by atoms with Gasteiger partial charge in [-0.05, 0) is 12.8 Å². The number of hydrogen-bond donors (Lipinski definition) is 1. The van der Waals surface area contributed by atoms with Crippen LogP contribution in [0.3, 0.4) is 0 Å². The first-order valence-electron chi connectivity index (χ1n) is 9.28. The van der Waals surface area contributed by atoms with Crippen molar-refractivity contribution in [3.63, 3.8) is 0 Å². The molecule has 0 radical (unpaired) electrons. The highest BCUT2D eigenvalue weighted by Gasteiger charge is 2.12. The quantitative estimate of drug-likeness (QED) is 0.243. The molecular formula is C17H38NO5P. The van der Waals surface area contributed by atoms with Crippen molar-refractivity contribution in [3.05, 3.63) is 0 Å². The van der Waals surface area contributed by atoms with Crippen LogP contribution in [0.25, 0.3) is 0 Å². The molecule has 24 heavy (non-hydrogen) atoms. The lowest BCUT2D eigenvalue weighted by Crippen LogP contribution is -2.37. The van der Waals surface area contributed by atoms with Crippen molar-refractivity contribution in [1.29, 1.82) is 0 Å². The summed E-state index contributed by atoms with van der Waals surface area (Å²) in [7, 11) is 1.81. The van der Waals surface area contributed by atoms with Gasteiger partial charge in [-0.2, -0.15) is 0 Å². The third-order valence-corrected chi connectivity index (χ3v) is 4.81. The maximum absolute atomic E-state index is 11.6. The summed E-state index contributed by atoms with van der Waals surface area (Å²) in [6, 6.07) is 0. The normalized spacial score (nSPS) is 14.7. The van der Waals surface area contributed by atoms with Gasteiger partial charge in [0.1, 0.15) is 13.2 Å². The molecule has 0 aromatic rings. The third-order valence-electron chi connectivity index (χ3n) is 3.81. The number of phosphoric acid groups is 1. The van der Waals surface area contributed by atoms with Crippen LogP contribution in [-0.4, -0.2) is 57.1 Å². The van der Waals surface area contributed by atoms with Crippen molar-refractivity contribution in [1.82, 2.24) is 0 Å². The molecule has 6 nitrogen and oxygen atoms in total. The number of aliphatic hydroxyl groups excluding tert-OH is 1. The largest absolute Gasteiger partial charge is 0.756 e. The van der Waals surface area contributed by atoms with E-state index >= 15 is 0 Å². The summed E-state index contributed by atoms with van der Waals surface area (Å²) in [6.45, 7) is 1.30. The van der Waals surface area contributed by atoms with Crippen molar-refractivity contribution < 1.29 is 28.1 Å². The van der Waals surface area contributed by atoms with Crippen LogP contribution in [0.2, 0.25) is 0 Å². The van der Waals surface area contributed by atoms with Gasteiger partial charge in [-0.1, -0.05) is 51.4 Å². The maximum Gasteiger partial charge on any atom is 0.268 e. The summed E-state index contributed by atoms with van der Waals surface area (Å²) in [4.78, 5) is 11.6. The number of aliphatic hydroxyl groups is 1. The number of nitrogens with zero attached hydrogens (tertiary/aromatic N) is 1. The van der Waals surface area contributed by atoms with E-state index in [9.17, 15) is 9.46 Å². The van der Waals surface area contributed by atoms with E-state index in [-0.39, 0.29) is 13.2 Å². The molecule has 0 aliphatic rings. The molecule has 0 saturated heterocycles. The van der Waals surface area contributed by atoms with Gasteiger partial charge in [-0.3, -0.25) is 4.57 Å². The Bertz CT molecular complexity index is 333. The first-order chi connectivity index (χ1) is 11.3. The fourth-order valence-electron chi connectivity index (χ4n) is 2.27. The van der Waals surface area contributed by atoms with Gasteiger partial charge in [0, 0.05) is 6.61 Å². The summed E-state index contributed by atoms with van der Waals surface area (Å²) in [5.41, 5.74) is 0. The molecule has 0 aromatic carbocycles. The smallest absolute Gasteiger partial charge is 0.268 e. The highest BCUT2D eigenvalue weighted by atomic mass is 31.2. The van der Waals surface area contributed by atoms with Gasteiger partial charge in [-0.25, -0.2) is 0 Å². The molecule has 0 fully saturated rings. The number of quaternary nitrogens is 1. The summed E-state index contributed by atoms with van der Waals surface area (Å²) >= 11 is 0. The Morgan fingerprint density at radius 3 is 1.67 bits per heavy atom. The molecule has 0 rings (SSSR count). The monoisotopic (exact) mass is 367 g/mol. The van der Waals surface area contributed by atoms with E-state index < -0.39 is 7.82 Å². The Morgan fingerprint density at radius 1 is 0.792 bits per heavy atom. The molecule has 7 heteroatoms. The Morgan fingerprint density at radius 2 is 1.21 bits per heavy atom. The van der Waals surface area contributed by atoms with Crippen LogP contribution in [0.4, 0.5) is 0 Å². The minimum absolute atomic E-state index is 0.155. The van der Waals surface area contributed by atoms with E-state index in [2.05, 4.69) is 0 Å². The minimum atomic E-state index is -4.14. The fraction of sp³-hybridized carbons (Fsp3) is 1.00. The number of rotatable bonds is 17. The molecule has 1 unspecified atom stereocenters. The highest BCUT2D eigenvalue weighted by molar-refractivity contribution is 7.45. The van der Waals surface area contributed by atoms with Crippen LogP contribution < -0.4 is 4.89 Å². The molecule has 0 amide bonds. The lowest BCUT2D eigenvalue weighted by atomic mass is 10.1. The lowest BCUT2D eigenvalue weighted by Gasteiger charge is -2.27. The maximum atomic E-state index is 11.6. The van der Waals surface area contributed by atoms with Gasteiger partial charge in [-0.15, -0.1) is 0 Å². The van der Waals surface area contributed by atoms with E-state index in [0.717, 1.165) is 32.1 Å². The molecule has 1 atom stereocenters. The molecule has 0 aliphatic heterocycles. The summed E-state index contributed by atoms with van der Waals surface area (Å²) in [5.74, 6) is 0. The molecule has 0 aliphatic carbocycles. The molecule has 1 N–H and O–H groups in total. The summed E-state index contributed by atoms with van der Waals surface area (Å²) in [5, 5.41) is 8.68. The molecule has 0 saturated carbocycles. The second kappa shape index (κ2) is 14.2. The van der Waals surface area contributed by atoms with Crippen molar-refractivity contribution in [2.45, 2.75) is 64.2 Å². The highest BCUT2D eigenvalue weighted by Crippen LogP contribution is 2.38. The molecule has 0 spiro atoms.